The molecule has 1 aromatic heterocycles. The van der Waals surface area contributed by atoms with Crippen LogP contribution in [-0.2, 0) is 4.74 Å². The lowest BCUT2D eigenvalue weighted by molar-refractivity contribution is 0.0562. The number of esters is 1. The number of nitrogens with zero attached hydrogens (tertiary/aromatic N) is 1. The van der Waals surface area contributed by atoms with Crippen LogP contribution in [0.2, 0.25) is 0 Å². The third-order valence-corrected chi connectivity index (χ3v) is 4.75. The van der Waals surface area contributed by atoms with E-state index in [1.54, 1.807) is 6.07 Å². The molecule has 1 aromatic rings. The van der Waals surface area contributed by atoms with Gasteiger partial charge in [-0.1, -0.05) is 0 Å². The maximum Gasteiger partial charge on any atom is 0.373 e. The van der Waals surface area contributed by atoms with E-state index < -0.39 is 5.97 Å². The topological polar surface area (TPSA) is 54.7 Å². The minimum Gasteiger partial charge on any atom is -0.463 e. The molecule has 5 heteroatoms. The fourth-order valence-corrected chi connectivity index (χ4v) is 3.61. The monoisotopic (exact) mass is 292 g/mol. The van der Waals surface area contributed by atoms with E-state index in [9.17, 15) is 4.79 Å². The predicted octanol–water partition coefficient (Wildman–Crippen LogP) is 2.34. The second kappa shape index (κ2) is 6.20. The van der Waals surface area contributed by atoms with Crippen LogP contribution in [0.25, 0.3) is 0 Å². The number of hydrogen-bond donors (Lipinski definition) is 1. The molecule has 0 bridgehead atoms. The summed E-state index contributed by atoms with van der Waals surface area (Å²) in [6.45, 7) is 4.55. The van der Waals surface area contributed by atoms with Gasteiger partial charge in [-0.25, -0.2) is 4.79 Å². The van der Waals surface area contributed by atoms with Crippen molar-refractivity contribution in [3.63, 3.8) is 0 Å². The smallest absolute Gasteiger partial charge is 0.373 e. The van der Waals surface area contributed by atoms with Gasteiger partial charge in [0.25, 0.3) is 0 Å². The van der Waals surface area contributed by atoms with Crippen LogP contribution in [-0.4, -0.2) is 43.2 Å². The van der Waals surface area contributed by atoms with Crippen LogP contribution in [0.15, 0.2) is 16.5 Å². The molecule has 3 unspecified atom stereocenters. The number of carbonyl (C=O) groups excluding carboxylic acids is 1. The molecule has 0 spiro atoms. The van der Waals surface area contributed by atoms with Crippen LogP contribution >= 0.6 is 0 Å². The van der Waals surface area contributed by atoms with Crippen LogP contribution in [0.3, 0.4) is 0 Å². The number of hydrogen-bond acceptors (Lipinski definition) is 5. The number of ether oxygens (including phenoxy) is 1. The molecule has 2 aliphatic rings. The first-order valence-corrected chi connectivity index (χ1v) is 7.85. The molecule has 3 heterocycles. The zero-order valence-corrected chi connectivity index (χ0v) is 12.8. The third-order valence-electron chi connectivity index (χ3n) is 4.75. The van der Waals surface area contributed by atoms with E-state index in [4.69, 9.17) is 4.42 Å². The number of rotatable bonds is 4. The zero-order chi connectivity index (χ0) is 14.8. The van der Waals surface area contributed by atoms with Gasteiger partial charge >= 0.3 is 5.97 Å². The molecule has 3 atom stereocenters. The van der Waals surface area contributed by atoms with Gasteiger partial charge in [-0.3, -0.25) is 0 Å². The van der Waals surface area contributed by atoms with Crippen molar-refractivity contribution in [2.24, 2.45) is 0 Å². The summed E-state index contributed by atoms with van der Waals surface area (Å²) >= 11 is 0. The molecular formula is C16H24N2O3. The summed E-state index contributed by atoms with van der Waals surface area (Å²) in [5.74, 6) is 0.642. The summed E-state index contributed by atoms with van der Waals surface area (Å²) in [6.07, 6.45) is 5.08. The number of nitrogens with one attached hydrogen (secondary N) is 1. The van der Waals surface area contributed by atoms with E-state index in [2.05, 4.69) is 21.9 Å². The number of fused-ring (bicyclic) bond motifs is 1. The largest absolute Gasteiger partial charge is 0.463 e. The first-order chi connectivity index (χ1) is 10.2. The van der Waals surface area contributed by atoms with E-state index >= 15 is 0 Å². The lowest BCUT2D eigenvalue weighted by atomic mass is 9.97. The van der Waals surface area contributed by atoms with Crippen molar-refractivity contribution < 1.29 is 13.9 Å². The van der Waals surface area contributed by atoms with Gasteiger partial charge in [0.1, 0.15) is 5.76 Å². The van der Waals surface area contributed by atoms with Gasteiger partial charge in [-0.15, -0.1) is 0 Å². The second-order valence-corrected chi connectivity index (χ2v) is 6.14. The zero-order valence-electron chi connectivity index (χ0n) is 12.8. The van der Waals surface area contributed by atoms with Gasteiger partial charge in [0.05, 0.1) is 13.2 Å². The molecular weight excluding hydrogens is 268 g/mol. The summed E-state index contributed by atoms with van der Waals surface area (Å²) in [6, 6.07) is 4.94. The molecule has 2 saturated heterocycles. The molecule has 3 rings (SSSR count). The molecule has 2 fully saturated rings. The molecule has 0 aliphatic carbocycles. The van der Waals surface area contributed by atoms with Gasteiger partial charge in [0.15, 0.2) is 0 Å². The van der Waals surface area contributed by atoms with Crippen molar-refractivity contribution in [2.75, 3.05) is 20.2 Å². The van der Waals surface area contributed by atoms with E-state index in [0.29, 0.717) is 6.04 Å². The Labute approximate surface area is 125 Å². The van der Waals surface area contributed by atoms with Gasteiger partial charge in [-0.2, -0.15) is 0 Å². The lowest BCUT2D eigenvalue weighted by Crippen LogP contribution is -2.46. The Bertz CT molecular complexity index is 499. The Morgan fingerprint density at radius 2 is 2.29 bits per heavy atom. The van der Waals surface area contributed by atoms with E-state index in [1.807, 2.05) is 6.07 Å². The van der Waals surface area contributed by atoms with Crippen molar-refractivity contribution in [3.05, 3.63) is 23.7 Å². The number of piperidine rings is 1. The first-order valence-electron chi connectivity index (χ1n) is 7.85. The molecule has 1 N–H and O–H groups in total. The standard InChI is InChI=1S/C16H24N2O3/c1-11(14-5-6-15(21-14)16(19)20-2)17-12-7-9-18-8-3-4-13(18)10-12/h5-6,11-13,17H,3-4,7-10H2,1-2H3. The number of carbonyl (C=O) groups is 1. The fraction of sp³-hybridized carbons (Fsp3) is 0.688. The molecule has 5 nitrogen and oxygen atoms in total. The highest BCUT2D eigenvalue weighted by atomic mass is 16.5. The SMILES string of the molecule is COC(=O)c1ccc(C(C)NC2CCN3CCCC3C2)o1. The fourth-order valence-electron chi connectivity index (χ4n) is 3.61. The summed E-state index contributed by atoms with van der Waals surface area (Å²) in [5.41, 5.74) is 0. The van der Waals surface area contributed by atoms with Gasteiger partial charge in [-0.05, 0) is 57.8 Å². The van der Waals surface area contributed by atoms with Crippen molar-refractivity contribution in [2.45, 2.75) is 50.7 Å². The Morgan fingerprint density at radius 3 is 3.10 bits per heavy atom. The highest BCUT2D eigenvalue weighted by Gasteiger charge is 2.32. The summed E-state index contributed by atoms with van der Waals surface area (Å²) in [5, 5.41) is 3.65. The summed E-state index contributed by atoms with van der Waals surface area (Å²) in [4.78, 5) is 14.0. The first kappa shape index (κ1) is 14.6. The normalized spacial score (nSPS) is 27.3. The predicted molar refractivity (Wildman–Crippen MR) is 79.2 cm³/mol. The van der Waals surface area contributed by atoms with E-state index in [1.165, 1.54) is 45.9 Å². The highest BCUT2D eigenvalue weighted by molar-refractivity contribution is 5.86. The third kappa shape index (κ3) is 3.14. The van der Waals surface area contributed by atoms with Gasteiger partial charge in [0.2, 0.25) is 5.76 Å². The molecule has 2 aliphatic heterocycles. The van der Waals surface area contributed by atoms with Crippen molar-refractivity contribution in [3.8, 4) is 0 Å². The number of methoxy groups -OCH3 is 1. The molecule has 21 heavy (non-hydrogen) atoms. The Morgan fingerprint density at radius 1 is 1.43 bits per heavy atom. The van der Waals surface area contributed by atoms with Crippen molar-refractivity contribution >= 4 is 5.97 Å². The Hall–Kier alpha value is -1.33. The number of furan rings is 1. The molecule has 0 radical (unpaired) electrons. The van der Waals surface area contributed by atoms with E-state index in [-0.39, 0.29) is 11.8 Å². The van der Waals surface area contributed by atoms with Crippen molar-refractivity contribution in [1.29, 1.82) is 0 Å². The summed E-state index contributed by atoms with van der Waals surface area (Å²) < 4.78 is 10.2. The molecule has 0 amide bonds. The maximum atomic E-state index is 11.4. The van der Waals surface area contributed by atoms with Crippen molar-refractivity contribution in [1.82, 2.24) is 10.2 Å². The highest BCUT2D eigenvalue weighted by Crippen LogP contribution is 2.28. The van der Waals surface area contributed by atoms with Crippen LogP contribution in [0.4, 0.5) is 0 Å². The second-order valence-electron chi connectivity index (χ2n) is 6.14. The minimum atomic E-state index is -0.423. The minimum absolute atomic E-state index is 0.112. The average Bonchev–Trinajstić information content (AvgIpc) is 3.14. The summed E-state index contributed by atoms with van der Waals surface area (Å²) in [7, 11) is 1.36. The van der Waals surface area contributed by atoms with E-state index in [0.717, 1.165) is 11.8 Å². The van der Waals surface area contributed by atoms with Gasteiger partial charge in [0, 0.05) is 12.1 Å². The average molecular weight is 292 g/mol. The van der Waals surface area contributed by atoms with Crippen LogP contribution in [0.5, 0.6) is 0 Å². The molecule has 0 saturated carbocycles. The van der Waals surface area contributed by atoms with Gasteiger partial charge < -0.3 is 19.4 Å². The van der Waals surface area contributed by atoms with Crippen LogP contribution < -0.4 is 5.32 Å². The Balaban J connectivity index is 1.57. The molecule has 116 valence electrons. The Kier molecular flexibility index (Phi) is 4.31. The quantitative estimate of drug-likeness (QED) is 0.863. The molecule has 0 aromatic carbocycles. The van der Waals surface area contributed by atoms with Crippen LogP contribution in [0.1, 0.15) is 55.0 Å². The van der Waals surface area contributed by atoms with Crippen LogP contribution in [0, 0.1) is 0 Å². The lowest BCUT2D eigenvalue weighted by Gasteiger charge is -2.36. The maximum absolute atomic E-state index is 11.4.